The number of ether oxygens (including phenoxy) is 2. The molecule has 0 spiro atoms. The second-order valence-electron chi connectivity index (χ2n) is 5.11. The van der Waals surface area contributed by atoms with Crippen molar-refractivity contribution in [3.05, 3.63) is 38.6 Å². The van der Waals surface area contributed by atoms with Crippen molar-refractivity contribution in [2.24, 2.45) is 0 Å². The molecule has 1 aliphatic rings. The highest BCUT2D eigenvalue weighted by atomic mass is 35.5. The van der Waals surface area contributed by atoms with Gasteiger partial charge in [0.15, 0.2) is 0 Å². The van der Waals surface area contributed by atoms with Crippen LogP contribution >= 0.6 is 11.6 Å². The molecule has 0 bridgehead atoms. The molecule has 22 heavy (non-hydrogen) atoms. The second-order valence-corrected chi connectivity index (χ2v) is 5.49. The highest BCUT2D eigenvalue weighted by Crippen LogP contribution is 2.35. The van der Waals surface area contributed by atoms with Gasteiger partial charge in [-0.15, -0.1) is 0 Å². The summed E-state index contributed by atoms with van der Waals surface area (Å²) in [6.45, 7) is 2.44. The number of pyridine rings is 1. The zero-order valence-electron chi connectivity index (χ0n) is 12.4. The van der Waals surface area contributed by atoms with Gasteiger partial charge in [0.1, 0.15) is 11.3 Å². The van der Waals surface area contributed by atoms with Crippen molar-refractivity contribution >= 4 is 28.5 Å². The summed E-state index contributed by atoms with van der Waals surface area (Å²) in [4.78, 5) is 24.8. The Kier molecular flexibility index (Phi) is 3.83. The molecule has 0 fully saturated rings. The van der Waals surface area contributed by atoms with Crippen LogP contribution in [0.15, 0.2) is 16.9 Å². The molecule has 0 amide bonds. The molecule has 116 valence electrons. The predicted molar refractivity (Wildman–Crippen MR) is 84.0 cm³/mol. The van der Waals surface area contributed by atoms with Gasteiger partial charge in [0.25, 0.3) is 5.56 Å². The van der Waals surface area contributed by atoms with Crippen LogP contribution in [0, 0.1) is 0 Å². The molecule has 0 N–H and O–H groups in total. The van der Waals surface area contributed by atoms with Crippen molar-refractivity contribution in [2.75, 3.05) is 13.7 Å². The molecule has 2 aromatic rings. The van der Waals surface area contributed by atoms with Crippen LogP contribution in [0.3, 0.4) is 0 Å². The fourth-order valence-corrected chi connectivity index (χ4v) is 3.32. The maximum atomic E-state index is 12.7. The van der Waals surface area contributed by atoms with Crippen molar-refractivity contribution < 1.29 is 14.3 Å². The van der Waals surface area contributed by atoms with Gasteiger partial charge in [-0.1, -0.05) is 11.6 Å². The van der Waals surface area contributed by atoms with Crippen molar-refractivity contribution in [3.8, 4) is 5.75 Å². The van der Waals surface area contributed by atoms with E-state index in [1.54, 1.807) is 24.7 Å². The summed E-state index contributed by atoms with van der Waals surface area (Å²) in [6, 6.07) is 3.60. The first kappa shape index (κ1) is 14.9. The molecular weight excluding hydrogens is 306 g/mol. The van der Waals surface area contributed by atoms with Gasteiger partial charge in [-0.05, 0) is 31.9 Å². The molecule has 0 radical (unpaired) electrons. The smallest absolute Gasteiger partial charge is 0.345 e. The van der Waals surface area contributed by atoms with Crippen molar-refractivity contribution in [1.82, 2.24) is 4.57 Å². The van der Waals surface area contributed by atoms with E-state index in [4.69, 9.17) is 21.1 Å². The average molecular weight is 322 g/mol. The maximum absolute atomic E-state index is 12.7. The second kappa shape index (κ2) is 5.65. The van der Waals surface area contributed by atoms with Crippen LogP contribution in [-0.2, 0) is 17.7 Å². The number of benzene rings is 1. The summed E-state index contributed by atoms with van der Waals surface area (Å²) >= 11 is 6.34. The van der Waals surface area contributed by atoms with Gasteiger partial charge < -0.3 is 14.0 Å². The van der Waals surface area contributed by atoms with E-state index in [0.29, 0.717) is 11.9 Å². The van der Waals surface area contributed by atoms with Crippen LogP contribution in [-0.4, -0.2) is 24.3 Å². The zero-order valence-corrected chi connectivity index (χ0v) is 13.2. The number of halogens is 1. The molecule has 5 nitrogen and oxygen atoms in total. The molecule has 1 aromatic carbocycles. The Bertz CT molecular complexity index is 825. The normalized spacial score (nSPS) is 13.2. The number of carbonyl (C=O) groups is 1. The van der Waals surface area contributed by atoms with E-state index < -0.39 is 11.5 Å². The third-order valence-electron chi connectivity index (χ3n) is 3.93. The number of aromatic nitrogens is 1. The van der Waals surface area contributed by atoms with Crippen molar-refractivity contribution in [2.45, 2.75) is 26.3 Å². The number of aryl methyl sites for hydroxylation is 2. The maximum Gasteiger partial charge on any atom is 0.345 e. The number of hydrogen-bond donors (Lipinski definition) is 0. The van der Waals surface area contributed by atoms with Crippen LogP contribution in [0.1, 0.15) is 29.3 Å². The van der Waals surface area contributed by atoms with E-state index in [-0.39, 0.29) is 17.2 Å². The largest absolute Gasteiger partial charge is 0.496 e. The molecule has 0 saturated heterocycles. The number of carbonyl (C=O) groups excluding carboxylic acids is 1. The minimum atomic E-state index is -0.675. The highest BCUT2D eigenvalue weighted by Gasteiger charge is 2.26. The van der Waals surface area contributed by atoms with Crippen LogP contribution in [0.4, 0.5) is 0 Å². The third-order valence-corrected chi connectivity index (χ3v) is 4.33. The van der Waals surface area contributed by atoms with Gasteiger partial charge in [-0.2, -0.15) is 0 Å². The third kappa shape index (κ3) is 2.08. The summed E-state index contributed by atoms with van der Waals surface area (Å²) in [5, 5.41) is 0.834. The van der Waals surface area contributed by atoms with Crippen LogP contribution in [0.25, 0.3) is 10.9 Å². The van der Waals surface area contributed by atoms with Crippen LogP contribution in [0.5, 0.6) is 5.75 Å². The fourth-order valence-electron chi connectivity index (χ4n) is 3.01. The summed E-state index contributed by atoms with van der Waals surface area (Å²) < 4.78 is 12.0. The lowest BCUT2D eigenvalue weighted by molar-refractivity contribution is 0.0524. The van der Waals surface area contributed by atoms with E-state index in [9.17, 15) is 9.59 Å². The average Bonchev–Trinajstić information content (AvgIpc) is 2.52. The molecule has 2 heterocycles. The number of hydrogen-bond acceptors (Lipinski definition) is 4. The molecule has 0 atom stereocenters. The molecule has 0 unspecified atom stereocenters. The molecule has 3 rings (SSSR count). The first-order valence-corrected chi connectivity index (χ1v) is 7.57. The van der Waals surface area contributed by atoms with Crippen LogP contribution < -0.4 is 10.3 Å². The van der Waals surface area contributed by atoms with Gasteiger partial charge >= 0.3 is 5.97 Å². The summed E-state index contributed by atoms with van der Waals surface area (Å²) in [7, 11) is 1.60. The lowest BCUT2D eigenvalue weighted by atomic mass is 9.99. The van der Waals surface area contributed by atoms with Crippen molar-refractivity contribution in [1.29, 1.82) is 0 Å². The van der Waals surface area contributed by atoms with Crippen LogP contribution in [0.2, 0.25) is 5.02 Å². The Morgan fingerprint density at radius 2 is 2.18 bits per heavy atom. The molecule has 1 aliphatic heterocycles. The summed E-state index contributed by atoms with van der Waals surface area (Å²) in [5.74, 6) is 0.0615. The van der Waals surface area contributed by atoms with Gasteiger partial charge in [-0.3, -0.25) is 4.79 Å². The number of rotatable bonds is 3. The zero-order chi connectivity index (χ0) is 15.9. The van der Waals surface area contributed by atoms with E-state index >= 15 is 0 Å². The molecule has 0 aliphatic carbocycles. The SMILES string of the molecule is CCOC(=O)c1c(Cl)c2ccc(OC)c3c2n(c1=O)CCC3. The first-order valence-electron chi connectivity index (χ1n) is 7.19. The van der Waals surface area contributed by atoms with Gasteiger partial charge in [0.05, 0.1) is 24.3 Å². The standard InChI is InChI=1S/C16H16ClNO4/c1-3-22-16(20)12-13(17)10-6-7-11(21-2)9-5-4-8-18(14(9)10)15(12)19/h6-7H,3-5,8H2,1-2H3. The fraction of sp³-hybridized carbons (Fsp3) is 0.375. The first-order chi connectivity index (χ1) is 10.6. The molecular formula is C16H16ClNO4. The van der Waals surface area contributed by atoms with Gasteiger partial charge in [0, 0.05) is 17.5 Å². The Morgan fingerprint density at radius 3 is 2.86 bits per heavy atom. The monoisotopic (exact) mass is 321 g/mol. The molecule has 6 heteroatoms. The van der Waals surface area contributed by atoms with Gasteiger partial charge in [-0.25, -0.2) is 4.79 Å². The summed E-state index contributed by atoms with van der Waals surface area (Å²) in [5.41, 5.74) is 1.23. The minimum absolute atomic E-state index is 0.0889. The quantitative estimate of drug-likeness (QED) is 0.816. The Hall–Kier alpha value is -2.01. The minimum Gasteiger partial charge on any atom is -0.496 e. The highest BCUT2D eigenvalue weighted by molar-refractivity contribution is 6.38. The lowest BCUT2D eigenvalue weighted by Gasteiger charge is -2.23. The Balaban J connectivity index is 2.41. The van der Waals surface area contributed by atoms with E-state index in [2.05, 4.69) is 0 Å². The summed E-state index contributed by atoms with van der Waals surface area (Å²) in [6.07, 6.45) is 1.63. The van der Waals surface area contributed by atoms with E-state index in [0.717, 1.165) is 29.7 Å². The molecule has 1 aromatic heterocycles. The topological polar surface area (TPSA) is 57.5 Å². The Labute approximate surface area is 132 Å². The van der Waals surface area contributed by atoms with Gasteiger partial charge in [0.2, 0.25) is 0 Å². The van der Waals surface area contributed by atoms with E-state index in [1.165, 1.54) is 0 Å². The predicted octanol–water partition coefficient (Wildman–Crippen LogP) is 2.79. The molecule has 0 saturated carbocycles. The Morgan fingerprint density at radius 1 is 1.41 bits per heavy atom. The van der Waals surface area contributed by atoms with E-state index in [1.807, 2.05) is 6.07 Å². The number of esters is 1. The number of methoxy groups -OCH3 is 1. The van der Waals surface area contributed by atoms with Crippen molar-refractivity contribution in [3.63, 3.8) is 0 Å². The number of nitrogens with zero attached hydrogens (tertiary/aromatic N) is 1. The lowest BCUT2D eigenvalue weighted by Crippen LogP contribution is -2.31.